The molecule has 1 aromatic heterocycles. The number of fused-ring (bicyclic) bond motifs is 1. The summed E-state index contributed by atoms with van der Waals surface area (Å²) in [6, 6.07) is 0. The molecule has 0 radical (unpaired) electrons. The summed E-state index contributed by atoms with van der Waals surface area (Å²) in [5.74, 6) is 0.907. The number of aromatic nitrogens is 1. The molecule has 0 saturated carbocycles. The van der Waals surface area contributed by atoms with Gasteiger partial charge in [0, 0.05) is 4.88 Å². The SMILES string of the molecule is CCC1CCc2nc(CCCCN)sc2C1. The average molecular weight is 238 g/mol. The molecule has 0 bridgehead atoms. The molecule has 90 valence electrons. The van der Waals surface area contributed by atoms with Crippen LogP contribution < -0.4 is 5.73 Å². The molecule has 1 aliphatic carbocycles. The number of hydrogen-bond donors (Lipinski definition) is 1. The number of unbranched alkanes of at least 4 members (excludes halogenated alkanes) is 1. The number of thiazole rings is 1. The van der Waals surface area contributed by atoms with E-state index in [-0.39, 0.29) is 0 Å². The topological polar surface area (TPSA) is 38.9 Å². The molecule has 1 aliphatic rings. The van der Waals surface area contributed by atoms with Crippen LogP contribution in [0.5, 0.6) is 0 Å². The Morgan fingerprint density at radius 3 is 3.06 bits per heavy atom. The molecule has 0 saturated heterocycles. The van der Waals surface area contributed by atoms with E-state index < -0.39 is 0 Å². The highest BCUT2D eigenvalue weighted by Gasteiger charge is 2.20. The third-order valence-electron chi connectivity index (χ3n) is 3.51. The maximum absolute atomic E-state index is 5.51. The Bertz CT molecular complexity index is 333. The first kappa shape index (κ1) is 12.1. The molecule has 2 N–H and O–H groups in total. The van der Waals surface area contributed by atoms with E-state index in [1.54, 1.807) is 4.88 Å². The lowest BCUT2D eigenvalue weighted by Gasteiger charge is -2.18. The number of nitrogens with two attached hydrogens (primary N) is 1. The lowest BCUT2D eigenvalue weighted by molar-refractivity contribution is 0.445. The molecule has 3 heteroatoms. The van der Waals surface area contributed by atoms with Crippen molar-refractivity contribution in [3.63, 3.8) is 0 Å². The summed E-state index contributed by atoms with van der Waals surface area (Å²) in [5, 5.41) is 1.34. The lowest BCUT2D eigenvalue weighted by Crippen LogP contribution is -2.11. The second kappa shape index (κ2) is 5.78. The molecule has 2 nitrogen and oxygen atoms in total. The minimum Gasteiger partial charge on any atom is -0.330 e. The summed E-state index contributed by atoms with van der Waals surface area (Å²) >= 11 is 1.95. The van der Waals surface area contributed by atoms with Gasteiger partial charge in [-0.15, -0.1) is 11.3 Å². The minimum atomic E-state index is 0.809. The van der Waals surface area contributed by atoms with Crippen molar-refractivity contribution in [3.8, 4) is 0 Å². The van der Waals surface area contributed by atoms with Crippen molar-refractivity contribution in [1.29, 1.82) is 0 Å². The third kappa shape index (κ3) is 2.83. The van der Waals surface area contributed by atoms with Crippen molar-refractivity contribution < 1.29 is 0 Å². The quantitative estimate of drug-likeness (QED) is 0.801. The molecule has 0 spiro atoms. The zero-order valence-corrected chi connectivity index (χ0v) is 11.0. The molecule has 1 atom stereocenters. The van der Waals surface area contributed by atoms with Gasteiger partial charge in [0.25, 0.3) is 0 Å². The second-order valence-corrected chi connectivity index (χ2v) is 5.91. The van der Waals surface area contributed by atoms with E-state index in [1.807, 2.05) is 11.3 Å². The van der Waals surface area contributed by atoms with E-state index in [2.05, 4.69) is 6.92 Å². The van der Waals surface area contributed by atoms with Crippen molar-refractivity contribution in [3.05, 3.63) is 15.6 Å². The van der Waals surface area contributed by atoms with Gasteiger partial charge >= 0.3 is 0 Å². The zero-order chi connectivity index (χ0) is 11.4. The molecule has 0 fully saturated rings. The highest BCUT2D eigenvalue weighted by atomic mass is 32.1. The summed E-state index contributed by atoms with van der Waals surface area (Å²) in [4.78, 5) is 6.34. The largest absolute Gasteiger partial charge is 0.330 e. The van der Waals surface area contributed by atoms with Gasteiger partial charge in [-0.1, -0.05) is 13.3 Å². The fourth-order valence-electron chi connectivity index (χ4n) is 2.37. The second-order valence-electron chi connectivity index (χ2n) is 4.74. The van der Waals surface area contributed by atoms with Gasteiger partial charge in [0.1, 0.15) is 0 Å². The van der Waals surface area contributed by atoms with Crippen LogP contribution in [-0.2, 0) is 19.3 Å². The van der Waals surface area contributed by atoms with E-state index in [0.717, 1.165) is 25.3 Å². The molecule has 0 amide bonds. The maximum Gasteiger partial charge on any atom is 0.0931 e. The predicted octanol–water partition coefficient (Wildman–Crippen LogP) is 2.94. The lowest BCUT2D eigenvalue weighted by atomic mass is 9.89. The van der Waals surface area contributed by atoms with Crippen LogP contribution in [0.3, 0.4) is 0 Å². The Labute approximate surface area is 102 Å². The first-order valence-electron chi connectivity index (χ1n) is 6.51. The molecule has 1 aromatic rings. The van der Waals surface area contributed by atoms with Gasteiger partial charge in [-0.3, -0.25) is 0 Å². The molecule has 1 heterocycles. The Kier molecular flexibility index (Phi) is 4.36. The van der Waals surface area contributed by atoms with Crippen LogP contribution in [0.1, 0.15) is 48.2 Å². The summed E-state index contributed by atoms with van der Waals surface area (Å²) in [6.07, 6.45) is 8.60. The normalized spacial score (nSPS) is 19.8. The van der Waals surface area contributed by atoms with Crippen LogP contribution in [0.25, 0.3) is 0 Å². The molecular weight excluding hydrogens is 216 g/mol. The van der Waals surface area contributed by atoms with Crippen molar-refractivity contribution in [2.75, 3.05) is 6.54 Å². The third-order valence-corrected chi connectivity index (χ3v) is 4.69. The molecule has 16 heavy (non-hydrogen) atoms. The number of aryl methyl sites for hydroxylation is 2. The van der Waals surface area contributed by atoms with E-state index in [9.17, 15) is 0 Å². The number of rotatable bonds is 5. The van der Waals surface area contributed by atoms with Crippen molar-refractivity contribution in [2.24, 2.45) is 11.7 Å². The first-order chi connectivity index (χ1) is 7.83. The summed E-state index contributed by atoms with van der Waals surface area (Å²) in [5.41, 5.74) is 6.91. The van der Waals surface area contributed by atoms with E-state index in [4.69, 9.17) is 10.7 Å². The maximum atomic E-state index is 5.51. The van der Waals surface area contributed by atoms with E-state index >= 15 is 0 Å². The Hall–Kier alpha value is -0.410. The smallest absolute Gasteiger partial charge is 0.0931 e. The van der Waals surface area contributed by atoms with Gasteiger partial charge in [-0.2, -0.15) is 0 Å². The van der Waals surface area contributed by atoms with Crippen LogP contribution >= 0.6 is 11.3 Å². The van der Waals surface area contributed by atoms with Gasteiger partial charge in [0.15, 0.2) is 0 Å². The van der Waals surface area contributed by atoms with Crippen molar-refractivity contribution in [2.45, 2.75) is 51.9 Å². The Balaban J connectivity index is 1.95. The highest BCUT2D eigenvalue weighted by molar-refractivity contribution is 7.11. The molecular formula is C13H22N2S. The monoisotopic (exact) mass is 238 g/mol. The average Bonchev–Trinajstić information content (AvgIpc) is 2.70. The fraction of sp³-hybridized carbons (Fsp3) is 0.769. The van der Waals surface area contributed by atoms with E-state index in [1.165, 1.54) is 42.8 Å². The van der Waals surface area contributed by atoms with Crippen LogP contribution in [0.15, 0.2) is 0 Å². The van der Waals surface area contributed by atoms with Crippen LogP contribution in [0, 0.1) is 5.92 Å². The van der Waals surface area contributed by atoms with Crippen molar-refractivity contribution >= 4 is 11.3 Å². The molecule has 0 aliphatic heterocycles. The summed E-state index contributed by atoms with van der Waals surface area (Å²) < 4.78 is 0. The zero-order valence-electron chi connectivity index (χ0n) is 10.2. The standard InChI is InChI=1S/C13H22N2S/c1-2-10-6-7-11-12(9-10)16-13(15-11)5-3-4-8-14/h10H,2-9,14H2,1H3. The van der Waals surface area contributed by atoms with Crippen LogP contribution in [0.2, 0.25) is 0 Å². The van der Waals surface area contributed by atoms with Gasteiger partial charge in [-0.05, 0) is 51.0 Å². The molecule has 1 unspecified atom stereocenters. The van der Waals surface area contributed by atoms with Gasteiger partial charge in [0.2, 0.25) is 0 Å². The van der Waals surface area contributed by atoms with Gasteiger partial charge in [0.05, 0.1) is 10.7 Å². The number of nitrogens with zero attached hydrogens (tertiary/aromatic N) is 1. The predicted molar refractivity (Wildman–Crippen MR) is 69.9 cm³/mol. The Morgan fingerprint density at radius 2 is 2.31 bits per heavy atom. The molecule has 0 aromatic carbocycles. The van der Waals surface area contributed by atoms with Crippen LogP contribution in [0.4, 0.5) is 0 Å². The first-order valence-corrected chi connectivity index (χ1v) is 7.32. The fourth-order valence-corrected chi connectivity index (χ4v) is 3.64. The summed E-state index contributed by atoms with van der Waals surface area (Å²) in [6.45, 7) is 3.11. The van der Waals surface area contributed by atoms with Gasteiger partial charge < -0.3 is 5.73 Å². The number of hydrogen-bond acceptors (Lipinski definition) is 3. The highest BCUT2D eigenvalue weighted by Crippen LogP contribution is 2.31. The van der Waals surface area contributed by atoms with E-state index in [0.29, 0.717) is 0 Å². The van der Waals surface area contributed by atoms with Crippen molar-refractivity contribution in [1.82, 2.24) is 4.98 Å². The molecule has 2 rings (SSSR count). The van der Waals surface area contributed by atoms with Gasteiger partial charge in [-0.25, -0.2) is 4.98 Å². The Morgan fingerprint density at radius 1 is 1.44 bits per heavy atom. The summed E-state index contributed by atoms with van der Waals surface area (Å²) in [7, 11) is 0. The van der Waals surface area contributed by atoms with Crippen LogP contribution in [-0.4, -0.2) is 11.5 Å². The minimum absolute atomic E-state index is 0.809.